The zero-order valence-electron chi connectivity index (χ0n) is 11.5. The molecule has 0 spiro atoms. The molecule has 2 aromatic carbocycles. The summed E-state index contributed by atoms with van der Waals surface area (Å²) in [5.74, 6) is 0.0771. The molecule has 0 bridgehead atoms. The first-order valence-electron chi connectivity index (χ1n) is 7.11. The molecule has 4 rings (SSSR count). The topological polar surface area (TPSA) is 29.5 Å². The number of fused-ring (bicyclic) bond motifs is 3. The monoisotopic (exact) mass is 277 g/mol. The van der Waals surface area contributed by atoms with Crippen LogP contribution in [-0.2, 0) is 16.1 Å². The summed E-state index contributed by atoms with van der Waals surface area (Å²) in [5, 5.41) is 0. The maximum absolute atomic E-state index is 12.7. The lowest BCUT2D eigenvalue weighted by Crippen LogP contribution is -2.45. The molecule has 2 heterocycles. The number of nitrogens with zero attached hydrogens (tertiary/aromatic N) is 1. The van der Waals surface area contributed by atoms with Gasteiger partial charge in [-0.05, 0) is 23.3 Å². The molecule has 3 nitrogen and oxygen atoms in total. The molecule has 0 fully saturated rings. The Morgan fingerprint density at radius 3 is 2.62 bits per heavy atom. The Bertz CT molecular complexity index is 708. The first-order valence-corrected chi connectivity index (χ1v) is 7.11. The van der Waals surface area contributed by atoms with Crippen LogP contribution in [0.5, 0.6) is 0 Å². The molecular formula is C18H15NO2. The second kappa shape index (κ2) is 4.77. The van der Waals surface area contributed by atoms with E-state index < -0.39 is 6.10 Å². The number of hydrogen-bond acceptors (Lipinski definition) is 2. The third-order valence-corrected chi connectivity index (χ3v) is 4.12. The van der Waals surface area contributed by atoms with Crippen molar-refractivity contribution < 1.29 is 9.53 Å². The summed E-state index contributed by atoms with van der Waals surface area (Å²) in [6.07, 6.45) is 3.21. The molecule has 2 aliphatic heterocycles. The first kappa shape index (κ1) is 12.2. The summed E-state index contributed by atoms with van der Waals surface area (Å²) < 4.78 is 5.52. The predicted molar refractivity (Wildman–Crippen MR) is 80.8 cm³/mol. The summed E-state index contributed by atoms with van der Waals surface area (Å²) in [4.78, 5) is 14.6. The molecule has 21 heavy (non-hydrogen) atoms. The largest absolute Gasteiger partial charge is 0.488 e. The molecular weight excluding hydrogens is 262 g/mol. The minimum atomic E-state index is -0.413. The van der Waals surface area contributed by atoms with Crippen LogP contribution in [0.3, 0.4) is 0 Å². The molecule has 0 saturated carbocycles. The van der Waals surface area contributed by atoms with E-state index in [1.165, 1.54) is 0 Å². The van der Waals surface area contributed by atoms with Crippen molar-refractivity contribution in [1.82, 2.24) is 0 Å². The van der Waals surface area contributed by atoms with Crippen molar-refractivity contribution in [1.29, 1.82) is 0 Å². The van der Waals surface area contributed by atoms with E-state index in [0.29, 0.717) is 6.54 Å². The Labute approximate surface area is 123 Å². The fourth-order valence-corrected chi connectivity index (χ4v) is 3.10. The van der Waals surface area contributed by atoms with Crippen LogP contribution in [0.4, 0.5) is 5.69 Å². The third-order valence-electron chi connectivity index (χ3n) is 4.12. The molecule has 0 aliphatic carbocycles. The van der Waals surface area contributed by atoms with E-state index in [1.54, 1.807) is 6.26 Å². The molecule has 0 unspecified atom stereocenters. The van der Waals surface area contributed by atoms with Crippen molar-refractivity contribution in [3.63, 3.8) is 0 Å². The standard InChI is InChI=1S/C18H15NO2/c20-18-17-15(10-11-21-17)14-8-4-5-9-16(14)19(18)12-13-6-2-1-3-7-13/h1-11,15,17H,12H2/t15-,17+/m1/s1. The van der Waals surface area contributed by atoms with Crippen LogP contribution in [0.15, 0.2) is 66.9 Å². The maximum atomic E-state index is 12.7. The molecule has 0 radical (unpaired) electrons. The van der Waals surface area contributed by atoms with Gasteiger partial charge in [0.15, 0.2) is 6.10 Å². The Morgan fingerprint density at radius 2 is 1.76 bits per heavy atom. The Morgan fingerprint density at radius 1 is 1.00 bits per heavy atom. The number of benzene rings is 2. The van der Waals surface area contributed by atoms with Gasteiger partial charge in [0.25, 0.3) is 5.91 Å². The van der Waals surface area contributed by atoms with E-state index in [1.807, 2.05) is 59.5 Å². The van der Waals surface area contributed by atoms with E-state index in [9.17, 15) is 4.79 Å². The van der Waals surface area contributed by atoms with Crippen molar-refractivity contribution in [2.24, 2.45) is 0 Å². The smallest absolute Gasteiger partial charge is 0.269 e. The van der Waals surface area contributed by atoms with Gasteiger partial charge in [-0.3, -0.25) is 4.79 Å². The molecule has 0 saturated heterocycles. The predicted octanol–water partition coefficient (Wildman–Crippen LogP) is 3.23. The Kier molecular flexibility index (Phi) is 2.78. The van der Waals surface area contributed by atoms with Crippen LogP contribution in [0, 0.1) is 0 Å². The molecule has 2 aromatic rings. The van der Waals surface area contributed by atoms with Crippen molar-refractivity contribution in [2.75, 3.05) is 4.90 Å². The zero-order chi connectivity index (χ0) is 14.2. The van der Waals surface area contributed by atoms with Gasteiger partial charge in [0, 0.05) is 5.69 Å². The van der Waals surface area contributed by atoms with E-state index in [2.05, 4.69) is 6.07 Å². The molecule has 0 aromatic heterocycles. The normalized spacial score (nSPS) is 22.7. The summed E-state index contributed by atoms with van der Waals surface area (Å²) in [6.45, 7) is 0.573. The fraction of sp³-hybridized carbons (Fsp3) is 0.167. The van der Waals surface area contributed by atoms with Gasteiger partial charge in [0.05, 0.1) is 18.7 Å². The van der Waals surface area contributed by atoms with Crippen molar-refractivity contribution in [3.8, 4) is 0 Å². The highest BCUT2D eigenvalue weighted by atomic mass is 16.5. The number of amides is 1. The summed E-state index contributed by atoms with van der Waals surface area (Å²) in [5.41, 5.74) is 3.26. The average molecular weight is 277 g/mol. The van der Waals surface area contributed by atoms with Gasteiger partial charge in [0.2, 0.25) is 0 Å². The van der Waals surface area contributed by atoms with Crippen LogP contribution in [0.25, 0.3) is 0 Å². The van der Waals surface area contributed by atoms with Gasteiger partial charge < -0.3 is 9.64 Å². The second-order valence-electron chi connectivity index (χ2n) is 5.38. The molecule has 0 N–H and O–H groups in total. The van der Waals surface area contributed by atoms with Gasteiger partial charge in [0.1, 0.15) is 0 Å². The number of para-hydroxylation sites is 1. The highest BCUT2D eigenvalue weighted by Crippen LogP contribution is 2.41. The van der Waals surface area contributed by atoms with Gasteiger partial charge >= 0.3 is 0 Å². The van der Waals surface area contributed by atoms with Crippen LogP contribution >= 0.6 is 0 Å². The van der Waals surface area contributed by atoms with Crippen molar-refractivity contribution in [2.45, 2.75) is 18.6 Å². The van der Waals surface area contributed by atoms with Crippen LogP contribution in [0.2, 0.25) is 0 Å². The minimum Gasteiger partial charge on any atom is -0.488 e. The van der Waals surface area contributed by atoms with Crippen LogP contribution in [0.1, 0.15) is 17.0 Å². The summed E-state index contributed by atoms with van der Waals surface area (Å²) in [7, 11) is 0. The van der Waals surface area contributed by atoms with Crippen LogP contribution < -0.4 is 4.90 Å². The lowest BCUT2D eigenvalue weighted by atomic mass is 9.88. The maximum Gasteiger partial charge on any atom is 0.269 e. The van der Waals surface area contributed by atoms with E-state index >= 15 is 0 Å². The number of ether oxygens (including phenoxy) is 1. The number of rotatable bonds is 2. The van der Waals surface area contributed by atoms with Crippen LogP contribution in [-0.4, -0.2) is 12.0 Å². The number of carbonyl (C=O) groups excluding carboxylic acids is 1. The molecule has 2 aliphatic rings. The molecule has 1 amide bonds. The van der Waals surface area contributed by atoms with E-state index in [-0.39, 0.29) is 11.8 Å². The molecule has 2 atom stereocenters. The van der Waals surface area contributed by atoms with Gasteiger partial charge in [-0.2, -0.15) is 0 Å². The number of anilines is 1. The lowest BCUT2D eigenvalue weighted by molar-refractivity contribution is -0.127. The van der Waals surface area contributed by atoms with Crippen molar-refractivity contribution in [3.05, 3.63) is 78.1 Å². The minimum absolute atomic E-state index is 0.0348. The SMILES string of the molecule is O=C1[C@H]2OC=C[C@@H]2c2ccccc2N1Cc1ccccc1. The summed E-state index contributed by atoms with van der Waals surface area (Å²) >= 11 is 0. The van der Waals surface area contributed by atoms with Crippen molar-refractivity contribution >= 4 is 11.6 Å². The van der Waals surface area contributed by atoms with Gasteiger partial charge in [-0.15, -0.1) is 0 Å². The molecule has 104 valence electrons. The number of carbonyl (C=O) groups is 1. The highest BCUT2D eigenvalue weighted by Gasteiger charge is 2.42. The second-order valence-corrected chi connectivity index (χ2v) is 5.38. The highest BCUT2D eigenvalue weighted by molar-refractivity contribution is 6.01. The van der Waals surface area contributed by atoms with E-state index in [0.717, 1.165) is 16.8 Å². The van der Waals surface area contributed by atoms with Gasteiger partial charge in [-0.25, -0.2) is 0 Å². The Balaban J connectivity index is 1.77. The van der Waals surface area contributed by atoms with Gasteiger partial charge in [-0.1, -0.05) is 48.5 Å². The fourth-order valence-electron chi connectivity index (χ4n) is 3.10. The van der Waals surface area contributed by atoms with E-state index in [4.69, 9.17) is 4.74 Å². The first-order chi connectivity index (χ1) is 10.3. The third kappa shape index (κ3) is 1.93. The average Bonchev–Trinajstić information content (AvgIpc) is 3.02. The number of hydrogen-bond donors (Lipinski definition) is 0. The summed E-state index contributed by atoms with van der Waals surface area (Å²) in [6, 6.07) is 18.1. The quantitative estimate of drug-likeness (QED) is 0.843. The molecule has 3 heteroatoms. The zero-order valence-corrected chi connectivity index (χ0v) is 11.5. The Hall–Kier alpha value is -2.55. The lowest BCUT2D eigenvalue weighted by Gasteiger charge is -2.35.